The van der Waals surface area contributed by atoms with E-state index in [1.807, 2.05) is 0 Å². The van der Waals surface area contributed by atoms with Gasteiger partial charge in [-0.1, -0.05) is 29.3 Å². The molecule has 0 aliphatic carbocycles. The van der Waals surface area contributed by atoms with Gasteiger partial charge in [-0.15, -0.1) is 0 Å². The van der Waals surface area contributed by atoms with Crippen LogP contribution in [0.25, 0.3) is 0 Å². The van der Waals surface area contributed by atoms with Crippen LogP contribution in [0, 0.1) is 0 Å². The van der Waals surface area contributed by atoms with E-state index in [4.69, 9.17) is 38.4 Å². The Hall–Kier alpha value is -2.32. The summed E-state index contributed by atoms with van der Waals surface area (Å²) in [7, 11) is 1.32. The molecule has 0 unspecified atom stereocenters. The van der Waals surface area contributed by atoms with Crippen LogP contribution in [0.1, 0.15) is 12.0 Å². The number of rotatable bonds is 7. The summed E-state index contributed by atoms with van der Waals surface area (Å²) >= 11 is 11.8. The number of nitrogens with two attached hydrogens (primary N) is 1. The summed E-state index contributed by atoms with van der Waals surface area (Å²) in [5.74, 6) is -0.174. The molecule has 0 spiro atoms. The van der Waals surface area contributed by atoms with Crippen LogP contribution >= 0.6 is 23.2 Å². The van der Waals surface area contributed by atoms with Crippen molar-refractivity contribution in [2.45, 2.75) is 19.0 Å². The number of carbonyl (C=O) groups excluding carboxylic acids is 1. The molecule has 5 nitrogen and oxygen atoms in total. The molecule has 3 N–H and O–H groups in total. The van der Waals surface area contributed by atoms with Gasteiger partial charge in [0.25, 0.3) is 0 Å². The van der Waals surface area contributed by atoms with Crippen molar-refractivity contribution in [3.8, 4) is 11.5 Å². The molecule has 2 rings (SSSR count). The monoisotopic (exact) mass is 436 g/mol. The van der Waals surface area contributed by atoms with Gasteiger partial charge in [0.05, 0.1) is 22.8 Å². The smallest absolute Gasteiger partial charge is 0.422 e. The number of aryl methyl sites for hydroxylation is 1. The van der Waals surface area contributed by atoms with Gasteiger partial charge in [-0.05, 0) is 36.2 Å². The molecule has 0 atom stereocenters. The number of hydrogen-bond acceptors (Lipinski definition) is 4. The predicted molar refractivity (Wildman–Crippen MR) is 102 cm³/mol. The normalized spacial score (nSPS) is 11.2. The SMILES string of the molecule is COc1cc(CCC(=O)Nc2cc(Cl)c(N)c(Cl)c2)ccc1OCC(F)(F)F. The lowest BCUT2D eigenvalue weighted by molar-refractivity contribution is -0.153. The molecule has 0 saturated heterocycles. The van der Waals surface area contributed by atoms with E-state index in [-0.39, 0.29) is 39.6 Å². The Labute approximate surface area is 169 Å². The Bertz CT molecular complexity index is 837. The Morgan fingerprint density at radius 1 is 1.14 bits per heavy atom. The summed E-state index contributed by atoms with van der Waals surface area (Å²) in [5, 5.41) is 3.10. The van der Waals surface area contributed by atoms with E-state index in [2.05, 4.69) is 5.32 Å². The first kappa shape index (κ1) is 22.0. The number of carbonyl (C=O) groups is 1. The van der Waals surface area contributed by atoms with E-state index in [0.29, 0.717) is 17.7 Å². The second-order valence-electron chi connectivity index (χ2n) is 5.79. The number of amides is 1. The van der Waals surface area contributed by atoms with Crippen LogP contribution in [-0.4, -0.2) is 25.8 Å². The summed E-state index contributed by atoms with van der Waals surface area (Å²) in [6, 6.07) is 7.43. The molecular formula is C18H17Cl2F3N2O3. The van der Waals surface area contributed by atoms with Crippen LogP contribution in [0.4, 0.5) is 24.5 Å². The number of hydrogen-bond donors (Lipinski definition) is 2. The first-order valence-electron chi connectivity index (χ1n) is 8.00. The van der Waals surface area contributed by atoms with Gasteiger partial charge in [0.15, 0.2) is 18.1 Å². The number of methoxy groups -OCH3 is 1. The Morgan fingerprint density at radius 2 is 1.79 bits per heavy atom. The fraction of sp³-hybridized carbons (Fsp3) is 0.278. The highest BCUT2D eigenvalue weighted by Gasteiger charge is 2.29. The summed E-state index contributed by atoms with van der Waals surface area (Å²) < 4.78 is 46.6. The molecule has 1 amide bonds. The number of benzene rings is 2. The molecule has 10 heteroatoms. The fourth-order valence-corrected chi connectivity index (χ4v) is 2.77. The number of halogens is 5. The van der Waals surface area contributed by atoms with Crippen molar-refractivity contribution < 1.29 is 27.4 Å². The molecule has 0 aliphatic heterocycles. The second-order valence-corrected chi connectivity index (χ2v) is 6.61. The van der Waals surface area contributed by atoms with Crippen LogP contribution in [-0.2, 0) is 11.2 Å². The van der Waals surface area contributed by atoms with Crippen molar-refractivity contribution >= 4 is 40.5 Å². The van der Waals surface area contributed by atoms with E-state index >= 15 is 0 Å². The summed E-state index contributed by atoms with van der Waals surface area (Å²) in [6.07, 6.45) is -4.00. The average Bonchev–Trinajstić information content (AvgIpc) is 2.62. The van der Waals surface area contributed by atoms with Crippen LogP contribution < -0.4 is 20.5 Å². The van der Waals surface area contributed by atoms with Crippen molar-refractivity contribution in [3.63, 3.8) is 0 Å². The van der Waals surface area contributed by atoms with Gasteiger partial charge in [0.1, 0.15) is 0 Å². The number of ether oxygens (including phenoxy) is 2. The fourth-order valence-electron chi connectivity index (χ4n) is 2.28. The molecule has 28 heavy (non-hydrogen) atoms. The first-order chi connectivity index (χ1) is 13.1. The highest BCUT2D eigenvalue weighted by atomic mass is 35.5. The molecule has 0 radical (unpaired) electrons. The number of nitrogen functional groups attached to an aromatic ring is 1. The van der Waals surface area contributed by atoms with Gasteiger partial charge < -0.3 is 20.5 Å². The third kappa shape index (κ3) is 6.38. The topological polar surface area (TPSA) is 73.6 Å². The van der Waals surface area contributed by atoms with Gasteiger partial charge in [0.2, 0.25) is 5.91 Å². The Morgan fingerprint density at radius 3 is 2.36 bits per heavy atom. The molecule has 0 aromatic heterocycles. The molecule has 0 bridgehead atoms. The first-order valence-corrected chi connectivity index (χ1v) is 8.75. The zero-order valence-corrected chi connectivity index (χ0v) is 16.2. The van der Waals surface area contributed by atoms with E-state index in [1.54, 1.807) is 6.07 Å². The van der Waals surface area contributed by atoms with Gasteiger partial charge in [0, 0.05) is 12.1 Å². The van der Waals surface area contributed by atoms with Crippen LogP contribution in [0.15, 0.2) is 30.3 Å². The maximum Gasteiger partial charge on any atom is 0.422 e. The minimum atomic E-state index is -4.45. The molecule has 0 heterocycles. The third-order valence-corrected chi connectivity index (χ3v) is 4.25. The molecular weight excluding hydrogens is 420 g/mol. The number of alkyl halides is 3. The molecule has 0 aliphatic rings. The highest BCUT2D eigenvalue weighted by molar-refractivity contribution is 6.39. The summed E-state index contributed by atoms with van der Waals surface area (Å²) in [4.78, 5) is 12.1. The largest absolute Gasteiger partial charge is 0.493 e. The lowest BCUT2D eigenvalue weighted by Gasteiger charge is -2.13. The van der Waals surface area contributed by atoms with E-state index < -0.39 is 12.8 Å². The van der Waals surface area contributed by atoms with Crippen molar-refractivity contribution in [2.24, 2.45) is 0 Å². The van der Waals surface area contributed by atoms with Gasteiger partial charge in [-0.25, -0.2) is 0 Å². The van der Waals surface area contributed by atoms with E-state index in [9.17, 15) is 18.0 Å². The summed E-state index contributed by atoms with van der Waals surface area (Å²) in [5.41, 5.74) is 6.96. The Balaban J connectivity index is 1.97. The average molecular weight is 437 g/mol. The lowest BCUT2D eigenvalue weighted by Crippen LogP contribution is -2.19. The molecule has 152 valence electrons. The minimum Gasteiger partial charge on any atom is -0.493 e. The van der Waals surface area contributed by atoms with E-state index in [1.165, 1.54) is 31.4 Å². The molecule has 2 aromatic carbocycles. The number of nitrogens with one attached hydrogen (secondary N) is 1. The van der Waals surface area contributed by atoms with Crippen molar-refractivity contribution in [1.82, 2.24) is 0 Å². The van der Waals surface area contributed by atoms with Gasteiger partial charge in [-0.3, -0.25) is 4.79 Å². The van der Waals surface area contributed by atoms with Crippen LogP contribution in [0.3, 0.4) is 0 Å². The maximum atomic E-state index is 12.3. The quantitative estimate of drug-likeness (QED) is 0.592. The predicted octanol–water partition coefficient (Wildman–Crippen LogP) is 5.10. The summed E-state index contributed by atoms with van der Waals surface area (Å²) in [6.45, 7) is -1.42. The standard InChI is InChI=1S/C18H17Cl2F3N2O3/c1-27-15-6-10(2-4-14(15)28-9-18(21,22)23)3-5-16(26)25-11-7-12(19)17(24)13(20)8-11/h2,4,6-8H,3,5,9,24H2,1H3,(H,25,26). The maximum absolute atomic E-state index is 12.3. The molecule has 0 fully saturated rings. The van der Waals surface area contributed by atoms with Crippen LogP contribution in [0.2, 0.25) is 10.0 Å². The van der Waals surface area contributed by atoms with Crippen molar-refractivity contribution in [1.29, 1.82) is 0 Å². The molecule has 2 aromatic rings. The lowest BCUT2D eigenvalue weighted by atomic mass is 10.1. The highest BCUT2D eigenvalue weighted by Crippen LogP contribution is 2.32. The zero-order chi connectivity index (χ0) is 20.9. The number of anilines is 2. The van der Waals surface area contributed by atoms with Gasteiger partial charge in [-0.2, -0.15) is 13.2 Å². The molecule has 0 saturated carbocycles. The zero-order valence-electron chi connectivity index (χ0n) is 14.7. The van der Waals surface area contributed by atoms with Crippen LogP contribution in [0.5, 0.6) is 11.5 Å². The Kier molecular flexibility index (Phi) is 7.26. The third-order valence-electron chi connectivity index (χ3n) is 3.62. The van der Waals surface area contributed by atoms with Crippen molar-refractivity contribution in [3.05, 3.63) is 45.9 Å². The van der Waals surface area contributed by atoms with Crippen molar-refractivity contribution in [2.75, 3.05) is 24.8 Å². The van der Waals surface area contributed by atoms with E-state index in [0.717, 1.165) is 0 Å². The minimum absolute atomic E-state index is 0.0285. The second kappa shape index (κ2) is 9.25. The van der Waals surface area contributed by atoms with Gasteiger partial charge >= 0.3 is 6.18 Å².